The topological polar surface area (TPSA) is 47.7 Å². The van der Waals surface area contributed by atoms with Crippen molar-refractivity contribution in [1.29, 1.82) is 0 Å². The van der Waals surface area contributed by atoms with Crippen molar-refractivity contribution in [3.63, 3.8) is 0 Å². The quantitative estimate of drug-likeness (QED) is 0.925. The fraction of sp³-hybridized carbons (Fsp3) is 0.538. The van der Waals surface area contributed by atoms with Crippen molar-refractivity contribution in [3.05, 3.63) is 22.2 Å². The molecule has 5 heteroatoms. The van der Waals surface area contributed by atoms with Gasteiger partial charge < -0.3 is 15.2 Å². The van der Waals surface area contributed by atoms with E-state index in [0.29, 0.717) is 19.8 Å². The van der Waals surface area contributed by atoms with E-state index in [1.807, 2.05) is 6.07 Å². The van der Waals surface area contributed by atoms with Gasteiger partial charge in [0.2, 0.25) is 0 Å². The fourth-order valence-corrected chi connectivity index (χ4v) is 2.69. The maximum Gasteiger partial charge on any atom is 0.175 e. The molecule has 1 unspecified atom stereocenters. The van der Waals surface area contributed by atoms with Gasteiger partial charge in [0.15, 0.2) is 11.5 Å². The molecule has 0 aliphatic carbocycles. The molecule has 0 amide bonds. The molecule has 100 valence electrons. The van der Waals surface area contributed by atoms with Gasteiger partial charge in [-0.15, -0.1) is 0 Å². The van der Waals surface area contributed by atoms with Crippen LogP contribution in [0.5, 0.6) is 11.5 Å². The van der Waals surface area contributed by atoms with E-state index in [1.165, 1.54) is 0 Å². The largest absolute Gasteiger partial charge is 0.486 e. The molecule has 0 bridgehead atoms. The number of likely N-dealkylation sites (N-methyl/N-ethyl adjacent to an activating group) is 1. The minimum absolute atomic E-state index is 0.196. The molecular weight excluding hydrogens is 296 g/mol. The summed E-state index contributed by atoms with van der Waals surface area (Å²) < 4.78 is 12.2. The molecule has 1 atom stereocenters. The van der Waals surface area contributed by atoms with E-state index in [0.717, 1.165) is 28.1 Å². The maximum atomic E-state index is 5.88. The van der Waals surface area contributed by atoms with E-state index in [2.05, 4.69) is 40.9 Å². The van der Waals surface area contributed by atoms with Gasteiger partial charge >= 0.3 is 0 Å². The molecule has 0 fully saturated rings. The zero-order chi connectivity index (χ0) is 13.1. The number of nitrogens with zero attached hydrogens (tertiary/aromatic N) is 1. The van der Waals surface area contributed by atoms with Crippen LogP contribution in [-0.2, 0) is 0 Å². The van der Waals surface area contributed by atoms with E-state index in [4.69, 9.17) is 15.2 Å². The first-order valence-electron chi connectivity index (χ1n) is 6.16. The zero-order valence-corrected chi connectivity index (χ0v) is 12.4. The molecule has 1 aromatic rings. The number of benzene rings is 1. The van der Waals surface area contributed by atoms with Crippen LogP contribution in [0.2, 0.25) is 0 Å². The summed E-state index contributed by atoms with van der Waals surface area (Å²) in [5.41, 5.74) is 7.03. The van der Waals surface area contributed by atoms with Crippen LogP contribution in [0.4, 0.5) is 0 Å². The van der Waals surface area contributed by atoms with Gasteiger partial charge in [-0.1, -0.05) is 6.92 Å². The standard InChI is InChI=1S/C13H19BrN2O2/c1-3-16(2)11(8-15)9-6-10(14)13-12(7-9)17-4-5-18-13/h6-7,11H,3-5,8,15H2,1-2H3. The number of halogens is 1. The monoisotopic (exact) mass is 314 g/mol. The van der Waals surface area contributed by atoms with Crippen LogP contribution >= 0.6 is 15.9 Å². The van der Waals surface area contributed by atoms with Gasteiger partial charge in [0.25, 0.3) is 0 Å². The maximum absolute atomic E-state index is 5.88. The second-order valence-electron chi connectivity index (χ2n) is 4.35. The normalized spacial score (nSPS) is 15.8. The van der Waals surface area contributed by atoms with Crippen LogP contribution in [0.3, 0.4) is 0 Å². The van der Waals surface area contributed by atoms with Gasteiger partial charge in [-0.05, 0) is 47.2 Å². The molecule has 1 aliphatic rings. The van der Waals surface area contributed by atoms with Crippen LogP contribution in [0, 0.1) is 0 Å². The Labute approximate surface area is 116 Å². The highest BCUT2D eigenvalue weighted by molar-refractivity contribution is 9.10. The number of hydrogen-bond donors (Lipinski definition) is 1. The van der Waals surface area contributed by atoms with Crippen LogP contribution in [0.15, 0.2) is 16.6 Å². The molecule has 1 aliphatic heterocycles. The SMILES string of the molecule is CCN(C)C(CN)c1cc(Br)c2c(c1)OCCO2. The highest BCUT2D eigenvalue weighted by Crippen LogP contribution is 2.40. The summed E-state index contributed by atoms with van der Waals surface area (Å²) in [5.74, 6) is 1.59. The lowest BCUT2D eigenvalue weighted by molar-refractivity contribution is 0.169. The Bertz CT molecular complexity index is 426. The van der Waals surface area contributed by atoms with Gasteiger partial charge in [-0.25, -0.2) is 0 Å². The Hall–Kier alpha value is -0.780. The molecule has 0 radical (unpaired) electrons. The Kier molecular flexibility index (Phi) is 4.48. The third-order valence-corrected chi connectivity index (χ3v) is 3.85. The minimum Gasteiger partial charge on any atom is -0.486 e. The van der Waals surface area contributed by atoms with E-state index in [9.17, 15) is 0 Å². The number of rotatable bonds is 4. The average Bonchev–Trinajstić information content (AvgIpc) is 2.39. The fourth-order valence-electron chi connectivity index (χ4n) is 2.11. The lowest BCUT2D eigenvalue weighted by Crippen LogP contribution is -2.30. The molecule has 0 saturated carbocycles. The molecule has 1 heterocycles. The molecule has 2 N–H and O–H groups in total. The molecule has 0 aromatic heterocycles. The van der Waals surface area contributed by atoms with Crippen molar-refractivity contribution >= 4 is 15.9 Å². The summed E-state index contributed by atoms with van der Waals surface area (Å²) >= 11 is 3.54. The Balaban J connectivity index is 2.36. The molecule has 0 saturated heterocycles. The highest BCUT2D eigenvalue weighted by atomic mass is 79.9. The Morgan fingerprint density at radius 2 is 2.11 bits per heavy atom. The average molecular weight is 315 g/mol. The second kappa shape index (κ2) is 5.91. The first-order valence-corrected chi connectivity index (χ1v) is 6.96. The number of ether oxygens (including phenoxy) is 2. The summed E-state index contributed by atoms with van der Waals surface area (Å²) in [4.78, 5) is 2.22. The Morgan fingerprint density at radius 3 is 2.78 bits per heavy atom. The van der Waals surface area contributed by atoms with Gasteiger partial charge in [0.1, 0.15) is 13.2 Å². The summed E-state index contributed by atoms with van der Waals surface area (Å²) in [6.45, 7) is 4.85. The number of fused-ring (bicyclic) bond motifs is 1. The molecule has 2 rings (SSSR count). The minimum atomic E-state index is 0.196. The lowest BCUT2D eigenvalue weighted by Gasteiger charge is -2.28. The van der Waals surface area contributed by atoms with Gasteiger partial charge in [-0.2, -0.15) is 0 Å². The predicted molar refractivity (Wildman–Crippen MR) is 75.2 cm³/mol. The van der Waals surface area contributed by atoms with Crippen molar-refractivity contribution in [2.45, 2.75) is 13.0 Å². The summed E-state index contributed by atoms with van der Waals surface area (Å²) in [5, 5.41) is 0. The second-order valence-corrected chi connectivity index (χ2v) is 5.21. The van der Waals surface area contributed by atoms with Crippen molar-refractivity contribution in [1.82, 2.24) is 4.90 Å². The third-order valence-electron chi connectivity index (χ3n) is 3.26. The molecule has 1 aromatic carbocycles. The van der Waals surface area contributed by atoms with Gasteiger partial charge in [0, 0.05) is 12.6 Å². The van der Waals surface area contributed by atoms with E-state index < -0.39 is 0 Å². The lowest BCUT2D eigenvalue weighted by atomic mass is 10.0. The third kappa shape index (κ3) is 2.63. The summed E-state index contributed by atoms with van der Waals surface area (Å²) in [6, 6.07) is 4.29. The van der Waals surface area contributed by atoms with E-state index in [1.54, 1.807) is 0 Å². The van der Waals surface area contributed by atoms with Crippen LogP contribution in [0.1, 0.15) is 18.5 Å². The zero-order valence-electron chi connectivity index (χ0n) is 10.8. The van der Waals surface area contributed by atoms with Crippen LogP contribution in [-0.4, -0.2) is 38.3 Å². The molecular formula is C13H19BrN2O2. The first-order chi connectivity index (χ1) is 8.67. The molecule has 18 heavy (non-hydrogen) atoms. The van der Waals surface area contributed by atoms with Crippen molar-refractivity contribution in [2.75, 3.05) is 33.4 Å². The van der Waals surface area contributed by atoms with E-state index >= 15 is 0 Å². The Morgan fingerprint density at radius 1 is 1.39 bits per heavy atom. The summed E-state index contributed by atoms with van der Waals surface area (Å²) in [7, 11) is 2.07. The highest BCUT2D eigenvalue weighted by Gasteiger charge is 2.21. The summed E-state index contributed by atoms with van der Waals surface area (Å²) in [6.07, 6.45) is 0. The van der Waals surface area contributed by atoms with Crippen molar-refractivity contribution in [2.24, 2.45) is 5.73 Å². The molecule has 0 spiro atoms. The van der Waals surface area contributed by atoms with Gasteiger partial charge in [-0.3, -0.25) is 4.90 Å². The molecule has 4 nitrogen and oxygen atoms in total. The van der Waals surface area contributed by atoms with Crippen molar-refractivity contribution in [3.8, 4) is 11.5 Å². The van der Waals surface area contributed by atoms with Crippen molar-refractivity contribution < 1.29 is 9.47 Å². The van der Waals surface area contributed by atoms with E-state index in [-0.39, 0.29) is 6.04 Å². The number of nitrogens with two attached hydrogens (primary N) is 1. The van der Waals surface area contributed by atoms with Gasteiger partial charge in [0.05, 0.1) is 4.47 Å². The van der Waals surface area contributed by atoms with Crippen LogP contribution < -0.4 is 15.2 Å². The predicted octanol–water partition coefficient (Wildman–Crippen LogP) is 2.17. The smallest absolute Gasteiger partial charge is 0.175 e. The van der Waals surface area contributed by atoms with Crippen LogP contribution in [0.25, 0.3) is 0 Å². The first kappa shape index (κ1) is 13.6. The number of hydrogen-bond acceptors (Lipinski definition) is 4.